The molecular formula is C27H32N4O4S2. The van der Waals surface area contributed by atoms with Crippen LogP contribution in [0.4, 0.5) is 5.00 Å². The molecule has 37 heavy (non-hydrogen) atoms. The first-order valence-electron chi connectivity index (χ1n) is 12.4. The highest BCUT2D eigenvalue weighted by atomic mass is 32.2. The number of aryl methyl sites for hydroxylation is 1. The summed E-state index contributed by atoms with van der Waals surface area (Å²) in [7, 11) is 3.02. The van der Waals surface area contributed by atoms with Gasteiger partial charge in [0.25, 0.3) is 0 Å². The minimum Gasteiger partial charge on any atom is -0.497 e. The molecule has 0 unspecified atom stereocenters. The highest BCUT2D eigenvalue weighted by Gasteiger charge is 2.26. The van der Waals surface area contributed by atoms with Gasteiger partial charge in [-0.15, -0.1) is 28.1 Å². The van der Waals surface area contributed by atoms with E-state index in [2.05, 4.69) is 22.1 Å². The van der Waals surface area contributed by atoms with Gasteiger partial charge in [0.05, 0.1) is 25.5 Å². The first-order chi connectivity index (χ1) is 18.0. The molecule has 0 fully saturated rings. The van der Waals surface area contributed by atoms with Crippen LogP contribution >= 0.6 is 23.1 Å². The van der Waals surface area contributed by atoms with Crippen molar-refractivity contribution in [2.24, 2.45) is 0 Å². The summed E-state index contributed by atoms with van der Waals surface area (Å²) in [6.07, 6.45) is 8.62. The molecule has 196 valence electrons. The fourth-order valence-electron chi connectivity index (χ4n) is 4.41. The number of allylic oxidation sites excluding steroid dienone is 1. The summed E-state index contributed by atoms with van der Waals surface area (Å²) in [5.74, 6) is 1.14. The van der Waals surface area contributed by atoms with E-state index in [1.807, 2.05) is 28.8 Å². The summed E-state index contributed by atoms with van der Waals surface area (Å²) >= 11 is 2.81. The van der Waals surface area contributed by atoms with Crippen molar-refractivity contribution < 1.29 is 19.1 Å². The van der Waals surface area contributed by atoms with Crippen LogP contribution in [0, 0.1) is 0 Å². The number of fused-ring (bicyclic) bond motifs is 1. The van der Waals surface area contributed by atoms with Crippen molar-refractivity contribution in [2.75, 3.05) is 25.3 Å². The number of hydrogen-bond donors (Lipinski definition) is 1. The number of hydrogen-bond acceptors (Lipinski definition) is 8. The number of carbonyl (C=O) groups excluding carboxylic acids is 2. The van der Waals surface area contributed by atoms with Crippen molar-refractivity contribution in [3.63, 3.8) is 0 Å². The maximum Gasteiger partial charge on any atom is 0.341 e. The molecule has 3 aromatic rings. The second-order valence-corrected chi connectivity index (χ2v) is 10.8. The Morgan fingerprint density at radius 1 is 1.14 bits per heavy atom. The van der Waals surface area contributed by atoms with Crippen LogP contribution in [0.5, 0.6) is 5.75 Å². The molecule has 0 atom stereocenters. The third-order valence-electron chi connectivity index (χ3n) is 6.27. The van der Waals surface area contributed by atoms with E-state index in [1.165, 1.54) is 41.5 Å². The third kappa shape index (κ3) is 6.61. The number of aromatic nitrogens is 3. The average molecular weight is 541 g/mol. The molecular weight excluding hydrogens is 508 g/mol. The minimum absolute atomic E-state index is 0.140. The van der Waals surface area contributed by atoms with E-state index in [0.717, 1.165) is 54.8 Å². The zero-order chi connectivity index (χ0) is 26.2. The standard InChI is InChI=1S/C27H32N4O4S2/c1-4-15-31-22(16-18-11-13-19(34-2)14-12-18)29-30-27(31)36-17-23(32)28-25-24(26(33)35-3)20-9-7-5-6-8-10-21(20)37-25/h4,11-14H,1,5-10,15-17H2,2-3H3,(H,28,32). The molecule has 1 aliphatic carbocycles. The predicted octanol–water partition coefficient (Wildman–Crippen LogP) is 5.30. The summed E-state index contributed by atoms with van der Waals surface area (Å²) < 4.78 is 12.3. The molecule has 8 nitrogen and oxygen atoms in total. The molecule has 2 heterocycles. The number of ether oxygens (including phenoxy) is 2. The second kappa shape index (κ2) is 12.9. The summed E-state index contributed by atoms with van der Waals surface area (Å²) in [4.78, 5) is 26.8. The molecule has 0 saturated heterocycles. The van der Waals surface area contributed by atoms with Crippen molar-refractivity contribution in [3.05, 3.63) is 64.3 Å². The van der Waals surface area contributed by atoms with Crippen LogP contribution in [-0.4, -0.2) is 46.6 Å². The SMILES string of the molecule is C=CCn1c(Cc2ccc(OC)cc2)nnc1SCC(=O)Nc1sc2c(c1C(=O)OC)CCCCCC2. The molecule has 1 N–H and O–H groups in total. The van der Waals surface area contributed by atoms with Gasteiger partial charge in [0.1, 0.15) is 16.6 Å². The molecule has 0 aliphatic heterocycles. The first kappa shape index (κ1) is 26.9. The van der Waals surface area contributed by atoms with Gasteiger partial charge in [-0.3, -0.25) is 4.79 Å². The van der Waals surface area contributed by atoms with E-state index >= 15 is 0 Å². The minimum atomic E-state index is -0.394. The van der Waals surface area contributed by atoms with Crippen molar-refractivity contribution in [1.82, 2.24) is 14.8 Å². The molecule has 0 radical (unpaired) electrons. The van der Waals surface area contributed by atoms with Crippen LogP contribution in [0.3, 0.4) is 0 Å². The monoisotopic (exact) mass is 540 g/mol. The molecule has 0 bridgehead atoms. The van der Waals surface area contributed by atoms with Gasteiger partial charge in [0.2, 0.25) is 5.91 Å². The summed E-state index contributed by atoms with van der Waals surface area (Å²) in [6, 6.07) is 7.82. The number of methoxy groups -OCH3 is 2. The number of nitrogens with one attached hydrogen (secondary N) is 1. The van der Waals surface area contributed by atoms with Crippen molar-refractivity contribution in [1.29, 1.82) is 0 Å². The van der Waals surface area contributed by atoms with Crippen LogP contribution in [0.15, 0.2) is 42.1 Å². The highest BCUT2D eigenvalue weighted by molar-refractivity contribution is 7.99. The Hall–Kier alpha value is -3.11. The van der Waals surface area contributed by atoms with Gasteiger partial charge in [-0.25, -0.2) is 4.79 Å². The maximum atomic E-state index is 13.0. The number of benzene rings is 1. The molecule has 10 heteroatoms. The van der Waals surface area contributed by atoms with Crippen LogP contribution in [0.2, 0.25) is 0 Å². The van der Waals surface area contributed by atoms with Crippen molar-refractivity contribution >= 4 is 40.0 Å². The quantitative estimate of drug-likeness (QED) is 0.212. The average Bonchev–Trinajstić information content (AvgIpc) is 3.42. The largest absolute Gasteiger partial charge is 0.497 e. The number of thiophene rings is 1. The van der Waals surface area contributed by atoms with Crippen LogP contribution in [0.25, 0.3) is 0 Å². The molecule has 1 aromatic carbocycles. The van der Waals surface area contributed by atoms with Crippen LogP contribution < -0.4 is 10.1 Å². The van der Waals surface area contributed by atoms with Crippen LogP contribution in [-0.2, 0) is 35.3 Å². The Morgan fingerprint density at radius 2 is 1.89 bits per heavy atom. The molecule has 1 aliphatic rings. The van der Waals surface area contributed by atoms with Crippen molar-refractivity contribution in [2.45, 2.75) is 56.6 Å². The van der Waals surface area contributed by atoms with E-state index in [4.69, 9.17) is 9.47 Å². The lowest BCUT2D eigenvalue weighted by molar-refractivity contribution is -0.113. The fourth-order valence-corrected chi connectivity index (χ4v) is 6.47. The predicted molar refractivity (Wildman–Crippen MR) is 147 cm³/mol. The maximum absolute atomic E-state index is 13.0. The smallest absolute Gasteiger partial charge is 0.341 e. The summed E-state index contributed by atoms with van der Waals surface area (Å²) in [5, 5.41) is 12.9. The highest BCUT2D eigenvalue weighted by Crippen LogP contribution is 2.37. The molecule has 1 amide bonds. The van der Waals surface area contributed by atoms with Crippen LogP contribution in [0.1, 0.15) is 57.9 Å². The lowest BCUT2D eigenvalue weighted by atomic mass is 9.96. The topological polar surface area (TPSA) is 95.3 Å². The van der Waals surface area contributed by atoms with E-state index in [-0.39, 0.29) is 11.7 Å². The third-order valence-corrected chi connectivity index (χ3v) is 8.45. The Labute approximate surface area is 225 Å². The number of thioether (sulfide) groups is 1. The van der Waals surface area contributed by atoms with E-state index < -0.39 is 5.97 Å². The lowest BCUT2D eigenvalue weighted by Crippen LogP contribution is -2.17. The number of anilines is 1. The second-order valence-electron chi connectivity index (χ2n) is 8.77. The zero-order valence-electron chi connectivity index (χ0n) is 21.2. The Bertz CT molecular complexity index is 1250. The van der Waals surface area contributed by atoms with Crippen molar-refractivity contribution in [3.8, 4) is 5.75 Å². The molecule has 2 aromatic heterocycles. The number of esters is 1. The Kier molecular flexibility index (Phi) is 9.40. The van der Waals surface area contributed by atoms with Gasteiger partial charge in [-0.1, -0.05) is 42.8 Å². The zero-order valence-corrected chi connectivity index (χ0v) is 22.9. The molecule has 4 rings (SSSR count). The molecule has 0 saturated carbocycles. The van der Waals surface area contributed by atoms with E-state index in [1.54, 1.807) is 13.2 Å². The summed E-state index contributed by atoms with van der Waals surface area (Å²) in [6.45, 7) is 4.39. The fraction of sp³-hybridized carbons (Fsp3) is 0.407. The Balaban J connectivity index is 1.46. The van der Waals surface area contributed by atoms with E-state index in [0.29, 0.717) is 28.7 Å². The normalized spacial score (nSPS) is 13.2. The van der Waals surface area contributed by atoms with Gasteiger partial charge < -0.3 is 19.4 Å². The van der Waals surface area contributed by atoms with Gasteiger partial charge in [0.15, 0.2) is 5.16 Å². The van der Waals surface area contributed by atoms with Gasteiger partial charge >= 0.3 is 5.97 Å². The molecule has 0 spiro atoms. The summed E-state index contributed by atoms with van der Waals surface area (Å²) in [5.41, 5.74) is 2.63. The number of nitrogens with zero attached hydrogens (tertiary/aromatic N) is 3. The van der Waals surface area contributed by atoms with Gasteiger partial charge in [0, 0.05) is 17.8 Å². The number of carbonyl (C=O) groups is 2. The van der Waals surface area contributed by atoms with Gasteiger partial charge in [-0.05, 0) is 48.9 Å². The van der Waals surface area contributed by atoms with Gasteiger partial charge in [-0.2, -0.15) is 0 Å². The Morgan fingerprint density at radius 3 is 2.59 bits per heavy atom. The lowest BCUT2D eigenvalue weighted by Gasteiger charge is -2.11. The van der Waals surface area contributed by atoms with E-state index in [9.17, 15) is 9.59 Å². The first-order valence-corrected chi connectivity index (χ1v) is 14.2. The number of amides is 1. The number of rotatable bonds is 10.